The van der Waals surface area contributed by atoms with Gasteiger partial charge in [-0.2, -0.15) is 13.2 Å². The van der Waals surface area contributed by atoms with E-state index in [2.05, 4.69) is 9.72 Å². The number of aromatic nitrogens is 2. The molecule has 1 rings (SSSR count). The van der Waals surface area contributed by atoms with Crippen LogP contribution in [0.4, 0.5) is 13.2 Å². The average molecular weight is 224 g/mol. The molecule has 0 radical (unpaired) electrons. The summed E-state index contributed by atoms with van der Waals surface area (Å²) in [7, 11) is 0. The van der Waals surface area contributed by atoms with Crippen molar-refractivity contribution in [1.29, 1.82) is 0 Å². The summed E-state index contributed by atoms with van der Waals surface area (Å²) in [6.07, 6.45) is -3.42. The molecule has 0 fully saturated rings. The number of H-pyrrole nitrogens is 2. The Morgan fingerprint density at radius 2 is 2.00 bits per heavy atom. The lowest BCUT2D eigenvalue weighted by atomic mass is 10.4. The maximum absolute atomic E-state index is 11.7. The van der Waals surface area contributed by atoms with Gasteiger partial charge in [0.05, 0.1) is 12.2 Å². The quantitative estimate of drug-likeness (QED) is 0.766. The molecule has 1 heterocycles. The second-order valence-electron chi connectivity index (χ2n) is 2.71. The molecule has 0 spiro atoms. The van der Waals surface area contributed by atoms with Gasteiger partial charge in [0, 0.05) is 6.20 Å². The topological polar surface area (TPSA) is 75.0 Å². The van der Waals surface area contributed by atoms with Gasteiger partial charge in [-0.15, -0.1) is 0 Å². The molecular weight excluding hydrogens is 217 g/mol. The van der Waals surface area contributed by atoms with E-state index in [1.165, 1.54) is 0 Å². The molecule has 0 saturated heterocycles. The number of aromatic amines is 2. The number of ether oxygens (including phenoxy) is 1. The largest absolute Gasteiger partial charge is 0.411 e. The summed E-state index contributed by atoms with van der Waals surface area (Å²) in [5.41, 5.74) is -1.56. The van der Waals surface area contributed by atoms with Gasteiger partial charge in [-0.3, -0.25) is 9.78 Å². The van der Waals surface area contributed by atoms with E-state index in [9.17, 15) is 22.8 Å². The molecule has 5 nitrogen and oxygen atoms in total. The predicted octanol–water partition coefficient (Wildman–Crippen LogP) is 0.142. The van der Waals surface area contributed by atoms with Crippen LogP contribution in [-0.2, 0) is 11.3 Å². The van der Waals surface area contributed by atoms with E-state index in [1.54, 1.807) is 0 Å². The van der Waals surface area contributed by atoms with Gasteiger partial charge in [-0.1, -0.05) is 0 Å². The van der Waals surface area contributed by atoms with E-state index >= 15 is 0 Å². The van der Waals surface area contributed by atoms with Gasteiger partial charge in [0.2, 0.25) is 0 Å². The monoisotopic (exact) mass is 224 g/mol. The first-order valence-corrected chi connectivity index (χ1v) is 3.84. The summed E-state index contributed by atoms with van der Waals surface area (Å²) in [5, 5.41) is 0. The van der Waals surface area contributed by atoms with Gasteiger partial charge in [0.25, 0.3) is 5.56 Å². The van der Waals surface area contributed by atoms with Crippen LogP contribution in [0.3, 0.4) is 0 Å². The van der Waals surface area contributed by atoms with Crippen LogP contribution in [-0.4, -0.2) is 22.8 Å². The van der Waals surface area contributed by atoms with E-state index in [4.69, 9.17) is 0 Å². The lowest BCUT2D eigenvalue weighted by molar-refractivity contribution is -0.176. The smallest absolute Gasteiger partial charge is 0.367 e. The Hall–Kier alpha value is -1.57. The molecule has 84 valence electrons. The van der Waals surface area contributed by atoms with Crippen molar-refractivity contribution in [3.8, 4) is 0 Å². The molecule has 1 aromatic rings. The third-order valence-corrected chi connectivity index (χ3v) is 1.42. The van der Waals surface area contributed by atoms with E-state index < -0.39 is 30.6 Å². The fourth-order valence-electron chi connectivity index (χ4n) is 0.822. The second-order valence-corrected chi connectivity index (χ2v) is 2.71. The highest BCUT2D eigenvalue weighted by molar-refractivity contribution is 5.00. The zero-order valence-electron chi connectivity index (χ0n) is 7.35. The zero-order chi connectivity index (χ0) is 11.5. The minimum Gasteiger partial charge on any atom is -0.367 e. The highest BCUT2D eigenvalue weighted by Gasteiger charge is 2.27. The predicted molar refractivity (Wildman–Crippen MR) is 43.4 cm³/mol. The van der Waals surface area contributed by atoms with Crippen molar-refractivity contribution in [3.05, 3.63) is 32.6 Å². The Labute approximate surface area is 80.9 Å². The lowest BCUT2D eigenvalue weighted by Gasteiger charge is -2.06. The van der Waals surface area contributed by atoms with Gasteiger partial charge in [-0.05, 0) is 0 Å². The number of halogens is 3. The molecule has 8 heteroatoms. The zero-order valence-corrected chi connectivity index (χ0v) is 7.35. The van der Waals surface area contributed by atoms with Gasteiger partial charge in [0.15, 0.2) is 0 Å². The van der Waals surface area contributed by atoms with Gasteiger partial charge < -0.3 is 9.72 Å². The Balaban J connectivity index is 2.59. The van der Waals surface area contributed by atoms with Crippen molar-refractivity contribution in [2.75, 3.05) is 6.61 Å². The maximum atomic E-state index is 11.7. The van der Waals surface area contributed by atoms with Crippen LogP contribution >= 0.6 is 0 Å². The van der Waals surface area contributed by atoms with Gasteiger partial charge >= 0.3 is 11.9 Å². The molecule has 0 aliphatic heterocycles. The number of nitrogens with one attached hydrogen (secondary N) is 2. The van der Waals surface area contributed by atoms with Crippen LogP contribution in [0.25, 0.3) is 0 Å². The first-order valence-electron chi connectivity index (χ1n) is 3.84. The molecule has 0 bridgehead atoms. The summed E-state index contributed by atoms with van der Waals surface area (Å²) in [5.74, 6) is 0. The Morgan fingerprint density at radius 3 is 2.53 bits per heavy atom. The van der Waals surface area contributed by atoms with Crippen LogP contribution in [0.5, 0.6) is 0 Å². The van der Waals surface area contributed by atoms with Crippen LogP contribution in [0.15, 0.2) is 15.8 Å². The first-order chi connectivity index (χ1) is 6.88. The fourth-order valence-corrected chi connectivity index (χ4v) is 0.822. The van der Waals surface area contributed by atoms with E-state index in [0.717, 1.165) is 6.20 Å². The number of rotatable bonds is 3. The van der Waals surface area contributed by atoms with Crippen molar-refractivity contribution in [2.24, 2.45) is 0 Å². The SMILES string of the molecule is O=c1[nH]cc(COCC(F)(F)F)c(=O)[nH]1. The van der Waals surface area contributed by atoms with Crippen molar-refractivity contribution in [2.45, 2.75) is 12.8 Å². The third-order valence-electron chi connectivity index (χ3n) is 1.42. The first kappa shape index (κ1) is 11.5. The minimum atomic E-state index is -4.44. The van der Waals surface area contributed by atoms with Gasteiger partial charge in [0.1, 0.15) is 6.61 Å². The molecule has 2 N–H and O–H groups in total. The lowest BCUT2D eigenvalue weighted by Crippen LogP contribution is -2.26. The highest BCUT2D eigenvalue weighted by Crippen LogP contribution is 2.14. The highest BCUT2D eigenvalue weighted by atomic mass is 19.4. The van der Waals surface area contributed by atoms with E-state index in [0.29, 0.717) is 0 Å². The molecule has 0 unspecified atom stereocenters. The summed E-state index contributed by atoms with van der Waals surface area (Å²) in [6, 6.07) is 0. The minimum absolute atomic E-state index is 0.0705. The van der Waals surface area contributed by atoms with E-state index in [-0.39, 0.29) is 5.56 Å². The summed E-state index contributed by atoms with van der Waals surface area (Å²) in [4.78, 5) is 25.5. The molecule has 0 amide bonds. The average Bonchev–Trinajstić information content (AvgIpc) is 2.07. The molecule has 0 aromatic carbocycles. The van der Waals surface area contributed by atoms with E-state index in [1.807, 2.05) is 4.98 Å². The molecule has 0 aliphatic carbocycles. The second kappa shape index (κ2) is 4.30. The molecule has 15 heavy (non-hydrogen) atoms. The number of hydrogen-bond donors (Lipinski definition) is 2. The van der Waals surface area contributed by atoms with Crippen molar-refractivity contribution < 1.29 is 17.9 Å². The Kier molecular flexibility index (Phi) is 3.30. The molecule has 0 aliphatic rings. The maximum Gasteiger partial charge on any atom is 0.411 e. The normalized spacial score (nSPS) is 11.7. The molecule has 0 saturated carbocycles. The van der Waals surface area contributed by atoms with Crippen LogP contribution in [0.2, 0.25) is 0 Å². The molecule has 0 atom stereocenters. The summed E-state index contributed by atoms with van der Waals surface area (Å²) >= 11 is 0. The standard InChI is InChI=1S/C7H7F3N2O3/c8-7(9,10)3-15-2-4-1-11-6(14)12-5(4)13/h1H,2-3H2,(H2,11,12,13,14). The summed E-state index contributed by atoms with van der Waals surface area (Å²) in [6.45, 7) is -1.95. The van der Waals surface area contributed by atoms with Gasteiger partial charge in [-0.25, -0.2) is 4.79 Å². The number of alkyl halides is 3. The third kappa shape index (κ3) is 3.98. The molecule has 1 aromatic heterocycles. The van der Waals surface area contributed by atoms with Crippen LogP contribution in [0.1, 0.15) is 5.56 Å². The Morgan fingerprint density at radius 1 is 1.33 bits per heavy atom. The Bertz CT molecular complexity index is 434. The fraction of sp³-hybridized carbons (Fsp3) is 0.429. The van der Waals surface area contributed by atoms with Crippen LogP contribution < -0.4 is 11.2 Å². The summed E-state index contributed by atoms with van der Waals surface area (Å²) < 4.78 is 39.2. The van der Waals surface area contributed by atoms with Crippen LogP contribution in [0, 0.1) is 0 Å². The number of hydrogen-bond acceptors (Lipinski definition) is 3. The van der Waals surface area contributed by atoms with Crippen molar-refractivity contribution in [3.63, 3.8) is 0 Å². The molecular formula is C7H7F3N2O3. The van der Waals surface area contributed by atoms with Crippen molar-refractivity contribution in [1.82, 2.24) is 9.97 Å². The van der Waals surface area contributed by atoms with Crippen molar-refractivity contribution >= 4 is 0 Å².